The molecule has 0 aliphatic carbocycles. The van der Waals surface area contributed by atoms with Crippen LogP contribution in [0.5, 0.6) is 0 Å². The van der Waals surface area contributed by atoms with Crippen LogP contribution in [0.2, 0.25) is 0 Å². The van der Waals surface area contributed by atoms with Crippen LogP contribution in [0.25, 0.3) is 0 Å². The van der Waals surface area contributed by atoms with Crippen LogP contribution in [-0.2, 0) is 9.53 Å². The molecule has 0 amide bonds. The fraction of sp³-hybridized carbons (Fsp3) is 0.800. The Hall–Kier alpha value is -1.12. The predicted octanol–water partition coefficient (Wildman–Crippen LogP) is 0.322. The van der Waals surface area contributed by atoms with Crippen LogP contribution < -0.4 is 0 Å². The predicted molar refractivity (Wildman–Crippen MR) is 53.2 cm³/mol. The van der Waals surface area contributed by atoms with Crippen molar-refractivity contribution in [2.75, 3.05) is 26.2 Å². The molecule has 5 heteroatoms. The maximum atomic E-state index is 10.9. The summed E-state index contributed by atoms with van der Waals surface area (Å²) in [7, 11) is 0. The number of nitrogens with zero attached hydrogens (tertiary/aromatic N) is 2. The largest absolute Gasteiger partial charge is 0.481 e. The molecule has 1 N–H and O–H groups in total. The van der Waals surface area contributed by atoms with Crippen LogP contribution in [-0.4, -0.2) is 48.3 Å². The van der Waals surface area contributed by atoms with E-state index in [9.17, 15) is 4.79 Å². The average molecular weight is 212 g/mol. The van der Waals surface area contributed by atoms with Crippen LogP contribution in [0, 0.1) is 16.7 Å². The number of hydrogen-bond acceptors (Lipinski definition) is 4. The van der Waals surface area contributed by atoms with Crippen molar-refractivity contribution in [3.05, 3.63) is 0 Å². The highest BCUT2D eigenvalue weighted by Crippen LogP contribution is 2.18. The van der Waals surface area contributed by atoms with Gasteiger partial charge in [0.2, 0.25) is 0 Å². The van der Waals surface area contributed by atoms with Crippen molar-refractivity contribution in [2.24, 2.45) is 5.41 Å². The molecule has 1 atom stereocenters. The molecule has 1 aliphatic rings. The summed E-state index contributed by atoms with van der Waals surface area (Å²) in [4.78, 5) is 12.9. The van der Waals surface area contributed by atoms with Crippen LogP contribution in [0.1, 0.15) is 13.8 Å². The molecule has 1 heterocycles. The summed E-state index contributed by atoms with van der Waals surface area (Å²) in [6.45, 7) is 5.50. The zero-order valence-electron chi connectivity index (χ0n) is 9.06. The molecule has 0 radical (unpaired) electrons. The zero-order chi connectivity index (χ0) is 11.5. The maximum Gasteiger partial charge on any atom is 0.310 e. The van der Waals surface area contributed by atoms with Gasteiger partial charge in [0.05, 0.1) is 18.1 Å². The van der Waals surface area contributed by atoms with E-state index in [1.165, 1.54) is 0 Å². The van der Waals surface area contributed by atoms with Crippen molar-refractivity contribution in [1.82, 2.24) is 4.90 Å². The summed E-state index contributed by atoms with van der Waals surface area (Å²) >= 11 is 0. The van der Waals surface area contributed by atoms with Gasteiger partial charge in [0, 0.05) is 19.6 Å². The fourth-order valence-corrected chi connectivity index (χ4v) is 1.55. The Morgan fingerprint density at radius 2 is 2.40 bits per heavy atom. The van der Waals surface area contributed by atoms with Crippen LogP contribution in [0.3, 0.4) is 0 Å². The molecular weight excluding hydrogens is 196 g/mol. The maximum absolute atomic E-state index is 10.9. The highest BCUT2D eigenvalue weighted by molar-refractivity contribution is 5.73. The molecule has 0 aromatic carbocycles. The standard InChI is InChI=1S/C10H16N2O3/c1-10(2,9(13)14)7-12-3-4-15-8(5-11)6-12/h8H,3-4,6-7H2,1-2H3,(H,13,14). The van der Waals surface area contributed by atoms with Gasteiger partial charge in [-0.2, -0.15) is 5.26 Å². The molecule has 1 saturated heterocycles. The fourth-order valence-electron chi connectivity index (χ4n) is 1.55. The number of morpholine rings is 1. The van der Waals surface area contributed by atoms with Crippen LogP contribution >= 0.6 is 0 Å². The molecule has 1 unspecified atom stereocenters. The Kier molecular flexibility index (Phi) is 3.66. The molecule has 0 saturated carbocycles. The van der Waals surface area contributed by atoms with Gasteiger partial charge in [-0.15, -0.1) is 0 Å². The number of carboxylic acids is 1. The summed E-state index contributed by atoms with van der Waals surface area (Å²) < 4.78 is 5.18. The van der Waals surface area contributed by atoms with Crippen molar-refractivity contribution >= 4 is 5.97 Å². The molecule has 1 fully saturated rings. The van der Waals surface area contributed by atoms with Gasteiger partial charge in [0.1, 0.15) is 0 Å². The van der Waals surface area contributed by atoms with Crippen LogP contribution in [0.15, 0.2) is 0 Å². The normalized spacial score (nSPS) is 23.4. The lowest BCUT2D eigenvalue weighted by molar-refractivity contribution is -0.148. The topological polar surface area (TPSA) is 73.6 Å². The first-order chi connectivity index (χ1) is 6.95. The highest BCUT2D eigenvalue weighted by Gasteiger charge is 2.32. The molecular formula is C10H16N2O3. The summed E-state index contributed by atoms with van der Waals surface area (Å²) in [5.41, 5.74) is -0.780. The Bertz CT molecular complexity index is 283. The highest BCUT2D eigenvalue weighted by atomic mass is 16.5. The minimum absolute atomic E-state index is 0.427. The molecule has 0 aromatic heterocycles. The van der Waals surface area contributed by atoms with E-state index in [0.717, 1.165) is 0 Å². The minimum Gasteiger partial charge on any atom is -0.481 e. The summed E-state index contributed by atoms with van der Waals surface area (Å²) in [5.74, 6) is -0.817. The number of aliphatic carboxylic acids is 1. The summed E-state index contributed by atoms with van der Waals surface area (Å²) in [5, 5.41) is 17.7. The third-order valence-electron chi connectivity index (χ3n) is 2.49. The molecule has 0 spiro atoms. The Morgan fingerprint density at radius 3 is 2.93 bits per heavy atom. The number of ether oxygens (including phenoxy) is 1. The van der Waals surface area contributed by atoms with Crippen molar-refractivity contribution in [1.29, 1.82) is 5.26 Å². The quantitative estimate of drug-likeness (QED) is 0.729. The van der Waals surface area contributed by atoms with Crippen molar-refractivity contribution in [3.63, 3.8) is 0 Å². The second-order valence-corrected chi connectivity index (χ2v) is 4.41. The molecule has 0 bridgehead atoms. The number of carbonyl (C=O) groups is 1. The first-order valence-corrected chi connectivity index (χ1v) is 4.92. The van der Waals surface area contributed by atoms with Crippen molar-refractivity contribution in [3.8, 4) is 6.07 Å². The zero-order valence-corrected chi connectivity index (χ0v) is 9.06. The van der Waals surface area contributed by atoms with E-state index in [0.29, 0.717) is 26.2 Å². The second kappa shape index (κ2) is 4.60. The van der Waals surface area contributed by atoms with E-state index in [1.807, 2.05) is 11.0 Å². The minimum atomic E-state index is -0.817. The Balaban J connectivity index is 2.52. The number of rotatable bonds is 3. The molecule has 15 heavy (non-hydrogen) atoms. The SMILES string of the molecule is CC(C)(CN1CCOC(C#N)C1)C(=O)O. The molecule has 1 aliphatic heterocycles. The summed E-state index contributed by atoms with van der Waals surface area (Å²) in [6.07, 6.45) is -0.427. The van der Waals surface area contributed by atoms with Gasteiger partial charge in [-0.1, -0.05) is 0 Å². The van der Waals surface area contributed by atoms with Gasteiger partial charge in [-0.05, 0) is 13.8 Å². The van der Waals surface area contributed by atoms with E-state index in [-0.39, 0.29) is 0 Å². The first kappa shape index (κ1) is 12.0. The number of hydrogen-bond donors (Lipinski definition) is 1. The van der Waals surface area contributed by atoms with Gasteiger partial charge in [-0.25, -0.2) is 0 Å². The molecule has 84 valence electrons. The number of nitriles is 1. The van der Waals surface area contributed by atoms with Gasteiger partial charge in [-0.3, -0.25) is 9.69 Å². The lowest BCUT2D eigenvalue weighted by atomic mass is 9.93. The lowest BCUT2D eigenvalue weighted by Gasteiger charge is -2.34. The third kappa shape index (κ3) is 3.18. The monoisotopic (exact) mass is 212 g/mol. The third-order valence-corrected chi connectivity index (χ3v) is 2.49. The van der Waals surface area contributed by atoms with Crippen molar-refractivity contribution < 1.29 is 14.6 Å². The molecule has 0 aromatic rings. The van der Waals surface area contributed by atoms with Crippen molar-refractivity contribution in [2.45, 2.75) is 20.0 Å². The molecule has 5 nitrogen and oxygen atoms in total. The molecule has 1 rings (SSSR count). The Labute approximate surface area is 89.2 Å². The van der Waals surface area contributed by atoms with E-state index in [4.69, 9.17) is 15.1 Å². The lowest BCUT2D eigenvalue weighted by Crippen LogP contribution is -2.47. The van der Waals surface area contributed by atoms with Gasteiger partial charge < -0.3 is 9.84 Å². The smallest absolute Gasteiger partial charge is 0.310 e. The second-order valence-electron chi connectivity index (χ2n) is 4.41. The van der Waals surface area contributed by atoms with E-state index in [1.54, 1.807) is 13.8 Å². The van der Waals surface area contributed by atoms with Crippen LogP contribution in [0.4, 0.5) is 0 Å². The number of carboxylic acid groups (broad SMARTS) is 1. The first-order valence-electron chi connectivity index (χ1n) is 4.92. The van der Waals surface area contributed by atoms with Gasteiger partial charge in [0.25, 0.3) is 0 Å². The van der Waals surface area contributed by atoms with Gasteiger partial charge in [0.15, 0.2) is 6.10 Å². The van der Waals surface area contributed by atoms with Gasteiger partial charge >= 0.3 is 5.97 Å². The van der Waals surface area contributed by atoms with E-state index < -0.39 is 17.5 Å². The Morgan fingerprint density at radius 1 is 1.73 bits per heavy atom. The average Bonchev–Trinajstić information content (AvgIpc) is 2.17. The summed E-state index contributed by atoms with van der Waals surface area (Å²) in [6, 6.07) is 2.04. The van der Waals surface area contributed by atoms with E-state index in [2.05, 4.69) is 0 Å². The van der Waals surface area contributed by atoms with E-state index >= 15 is 0 Å².